The van der Waals surface area contributed by atoms with Crippen molar-refractivity contribution >= 4 is 11.6 Å². The molecule has 1 aliphatic rings. The van der Waals surface area contributed by atoms with Crippen LogP contribution >= 0.6 is 0 Å². The molecule has 18 heavy (non-hydrogen) atoms. The second-order valence-electron chi connectivity index (χ2n) is 4.80. The molecule has 1 unspecified atom stereocenters. The predicted molar refractivity (Wildman–Crippen MR) is 73.4 cm³/mol. The van der Waals surface area contributed by atoms with Crippen LogP contribution in [0, 0.1) is 0 Å². The van der Waals surface area contributed by atoms with Crippen molar-refractivity contribution < 1.29 is 4.79 Å². The number of rotatable bonds is 5. The number of carbonyl (C=O) groups excluding carboxylic acids is 1. The van der Waals surface area contributed by atoms with Crippen molar-refractivity contribution in [2.24, 2.45) is 5.73 Å². The fourth-order valence-corrected chi connectivity index (χ4v) is 2.24. The van der Waals surface area contributed by atoms with Gasteiger partial charge in [0.05, 0.1) is 0 Å². The normalized spacial score (nSPS) is 16.2. The number of hydrogen-bond acceptors (Lipinski definition) is 3. The Morgan fingerprint density at radius 2 is 2.06 bits per heavy atom. The minimum atomic E-state index is -0.133. The van der Waals surface area contributed by atoms with E-state index in [4.69, 9.17) is 5.73 Å². The molecule has 0 spiro atoms. The van der Waals surface area contributed by atoms with Gasteiger partial charge in [0.15, 0.2) is 0 Å². The maximum Gasteiger partial charge on any atom is 0.242 e. The molecule has 2 rings (SSSR count). The lowest BCUT2D eigenvalue weighted by Gasteiger charge is -2.30. The van der Waals surface area contributed by atoms with Crippen LogP contribution in [0.1, 0.15) is 25.3 Å². The van der Waals surface area contributed by atoms with Crippen LogP contribution in [0.25, 0.3) is 0 Å². The van der Waals surface area contributed by atoms with Crippen molar-refractivity contribution in [3.63, 3.8) is 0 Å². The Morgan fingerprint density at radius 3 is 2.50 bits per heavy atom. The van der Waals surface area contributed by atoms with Gasteiger partial charge in [-0.05, 0) is 37.5 Å². The minimum absolute atomic E-state index is 0.0600. The summed E-state index contributed by atoms with van der Waals surface area (Å²) in [7, 11) is 1.68. The van der Waals surface area contributed by atoms with E-state index in [9.17, 15) is 4.79 Å². The summed E-state index contributed by atoms with van der Waals surface area (Å²) < 4.78 is 0. The van der Waals surface area contributed by atoms with E-state index in [-0.39, 0.29) is 11.9 Å². The van der Waals surface area contributed by atoms with E-state index in [1.165, 1.54) is 12.8 Å². The van der Waals surface area contributed by atoms with Crippen molar-refractivity contribution in [2.75, 3.05) is 11.9 Å². The molecule has 0 aliphatic heterocycles. The summed E-state index contributed by atoms with van der Waals surface area (Å²) in [6.07, 6.45) is 2.33. The number of anilines is 1. The Labute approximate surface area is 108 Å². The van der Waals surface area contributed by atoms with Crippen LogP contribution in [0.5, 0.6) is 0 Å². The van der Waals surface area contributed by atoms with Crippen molar-refractivity contribution in [1.82, 2.24) is 5.32 Å². The van der Waals surface area contributed by atoms with Crippen LogP contribution in [-0.2, 0) is 11.3 Å². The molecule has 1 atom stereocenters. The van der Waals surface area contributed by atoms with Crippen LogP contribution in [-0.4, -0.2) is 25.0 Å². The lowest BCUT2D eigenvalue weighted by atomic mass is 10.1. The molecule has 1 fully saturated rings. The zero-order valence-electron chi connectivity index (χ0n) is 11.0. The van der Waals surface area contributed by atoms with Gasteiger partial charge in [-0.2, -0.15) is 0 Å². The molecule has 1 aliphatic carbocycles. The standard InChI is InChI=1S/C14H21N3O/c1-10(14(18)16-2)17(13-7-8-13)12-5-3-11(9-15)4-6-12/h3-6,10,13H,7-9,15H2,1-2H3,(H,16,18). The highest BCUT2D eigenvalue weighted by Gasteiger charge is 2.34. The number of hydrogen-bond donors (Lipinski definition) is 2. The topological polar surface area (TPSA) is 58.4 Å². The molecule has 1 amide bonds. The van der Waals surface area contributed by atoms with E-state index in [1.54, 1.807) is 7.05 Å². The van der Waals surface area contributed by atoms with Gasteiger partial charge in [0.1, 0.15) is 6.04 Å². The van der Waals surface area contributed by atoms with Crippen LogP contribution < -0.4 is 16.0 Å². The summed E-state index contributed by atoms with van der Waals surface area (Å²) in [4.78, 5) is 14.0. The molecule has 0 radical (unpaired) electrons. The Hall–Kier alpha value is -1.55. The molecule has 0 bridgehead atoms. The summed E-state index contributed by atoms with van der Waals surface area (Å²) in [5.74, 6) is 0.0600. The van der Waals surface area contributed by atoms with E-state index in [1.807, 2.05) is 19.1 Å². The highest BCUT2D eigenvalue weighted by molar-refractivity contribution is 5.85. The van der Waals surface area contributed by atoms with Crippen molar-refractivity contribution in [2.45, 2.75) is 38.4 Å². The van der Waals surface area contributed by atoms with E-state index in [0.717, 1.165) is 11.3 Å². The highest BCUT2D eigenvalue weighted by Crippen LogP contribution is 2.33. The number of nitrogens with zero attached hydrogens (tertiary/aromatic N) is 1. The lowest BCUT2D eigenvalue weighted by Crippen LogP contribution is -2.45. The first kappa shape index (κ1) is 12.9. The third-order valence-electron chi connectivity index (χ3n) is 3.45. The molecule has 4 heteroatoms. The summed E-state index contributed by atoms with van der Waals surface area (Å²) in [6.45, 7) is 2.50. The SMILES string of the molecule is CNC(=O)C(C)N(c1ccc(CN)cc1)C1CC1. The van der Waals surface area contributed by atoms with Gasteiger partial charge in [-0.15, -0.1) is 0 Å². The molecule has 0 saturated heterocycles. The summed E-state index contributed by atoms with van der Waals surface area (Å²) in [6, 6.07) is 8.54. The smallest absolute Gasteiger partial charge is 0.242 e. The quantitative estimate of drug-likeness (QED) is 0.823. The van der Waals surface area contributed by atoms with Gasteiger partial charge >= 0.3 is 0 Å². The molecule has 1 saturated carbocycles. The summed E-state index contributed by atoms with van der Waals surface area (Å²) in [5.41, 5.74) is 7.82. The molecular weight excluding hydrogens is 226 g/mol. The van der Waals surface area contributed by atoms with Crippen LogP contribution in [0.4, 0.5) is 5.69 Å². The lowest BCUT2D eigenvalue weighted by molar-refractivity contribution is -0.121. The molecule has 3 N–H and O–H groups in total. The average molecular weight is 247 g/mol. The largest absolute Gasteiger partial charge is 0.357 e. The monoisotopic (exact) mass is 247 g/mol. The molecule has 4 nitrogen and oxygen atoms in total. The number of nitrogens with one attached hydrogen (secondary N) is 1. The fraction of sp³-hybridized carbons (Fsp3) is 0.500. The van der Waals surface area contributed by atoms with Crippen LogP contribution in [0.15, 0.2) is 24.3 Å². The second kappa shape index (κ2) is 5.40. The van der Waals surface area contributed by atoms with Gasteiger partial charge in [-0.25, -0.2) is 0 Å². The average Bonchev–Trinajstić information content (AvgIpc) is 3.23. The number of likely N-dealkylation sites (N-methyl/N-ethyl adjacent to an activating group) is 1. The minimum Gasteiger partial charge on any atom is -0.357 e. The highest BCUT2D eigenvalue weighted by atomic mass is 16.2. The van der Waals surface area contributed by atoms with Gasteiger partial charge < -0.3 is 16.0 Å². The molecular formula is C14H21N3O. The first-order valence-corrected chi connectivity index (χ1v) is 6.46. The van der Waals surface area contributed by atoms with Crippen LogP contribution in [0.3, 0.4) is 0 Å². The van der Waals surface area contributed by atoms with Gasteiger partial charge in [0, 0.05) is 25.3 Å². The first-order chi connectivity index (χ1) is 8.67. The number of nitrogens with two attached hydrogens (primary N) is 1. The Bertz CT molecular complexity index is 412. The van der Waals surface area contributed by atoms with Gasteiger partial charge in [0.2, 0.25) is 5.91 Å². The Kier molecular flexibility index (Phi) is 3.87. The molecule has 98 valence electrons. The number of carbonyl (C=O) groups is 1. The summed E-state index contributed by atoms with van der Waals surface area (Å²) in [5, 5.41) is 2.72. The summed E-state index contributed by atoms with van der Waals surface area (Å²) >= 11 is 0. The third kappa shape index (κ3) is 2.64. The molecule has 1 aromatic carbocycles. The van der Waals surface area contributed by atoms with Crippen molar-refractivity contribution in [3.8, 4) is 0 Å². The van der Waals surface area contributed by atoms with Crippen molar-refractivity contribution in [1.29, 1.82) is 0 Å². The Balaban J connectivity index is 2.21. The second-order valence-corrected chi connectivity index (χ2v) is 4.80. The zero-order chi connectivity index (χ0) is 13.1. The van der Waals surface area contributed by atoms with Crippen molar-refractivity contribution in [3.05, 3.63) is 29.8 Å². The van der Waals surface area contributed by atoms with Crippen LogP contribution in [0.2, 0.25) is 0 Å². The Morgan fingerprint density at radius 1 is 1.44 bits per heavy atom. The predicted octanol–water partition coefficient (Wildman–Crippen LogP) is 1.25. The van der Waals surface area contributed by atoms with E-state index < -0.39 is 0 Å². The third-order valence-corrected chi connectivity index (χ3v) is 3.45. The fourth-order valence-electron chi connectivity index (χ4n) is 2.24. The van der Waals surface area contributed by atoms with E-state index >= 15 is 0 Å². The number of amides is 1. The van der Waals surface area contributed by atoms with Gasteiger partial charge in [-0.3, -0.25) is 4.79 Å². The molecule has 0 heterocycles. The maximum absolute atomic E-state index is 11.8. The van der Waals surface area contributed by atoms with E-state index in [0.29, 0.717) is 12.6 Å². The van der Waals surface area contributed by atoms with Gasteiger partial charge in [-0.1, -0.05) is 12.1 Å². The number of benzene rings is 1. The maximum atomic E-state index is 11.8. The first-order valence-electron chi connectivity index (χ1n) is 6.46. The van der Waals surface area contributed by atoms with Gasteiger partial charge in [0.25, 0.3) is 0 Å². The molecule has 1 aromatic rings. The van der Waals surface area contributed by atoms with E-state index in [2.05, 4.69) is 22.3 Å². The zero-order valence-corrected chi connectivity index (χ0v) is 11.0. The molecule has 0 aromatic heterocycles.